The molecule has 0 aliphatic carbocycles. The van der Waals surface area contributed by atoms with Crippen molar-refractivity contribution in [3.63, 3.8) is 0 Å². The number of halogens is 1. The van der Waals surface area contributed by atoms with E-state index >= 15 is 0 Å². The van der Waals surface area contributed by atoms with E-state index in [1.807, 2.05) is 6.92 Å². The molecule has 126 valence electrons. The van der Waals surface area contributed by atoms with Crippen LogP contribution >= 0.6 is 15.9 Å². The van der Waals surface area contributed by atoms with E-state index in [9.17, 15) is 9.59 Å². The third kappa shape index (κ3) is 5.28. The maximum atomic E-state index is 12.2. The first kappa shape index (κ1) is 19.0. The quantitative estimate of drug-likeness (QED) is 0.549. The van der Waals surface area contributed by atoms with Crippen LogP contribution in [0.2, 0.25) is 0 Å². The highest BCUT2D eigenvalue weighted by Crippen LogP contribution is 2.36. The molecule has 1 N–H and O–H groups in total. The number of benzene rings is 1. The van der Waals surface area contributed by atoms with Crippen molar-refractivity contribution in [3.8, 4) is 11.5 Å². The lowest BCUT2D eigenvalue weighted by Gasteiger charge is -2.15. The summed E-state index contributed by atoms with van der Waals surface area (Å²) in [6, 6.07) is 3.07. The topological polar surface area (TPSA) is 73.9 Å². The minimum absolute atomic E-state index is 0.254. The van der Waals surface area contributed by atoms with E-state index in [1.165, 1.54) is 20.1 Å². The Hall–Kier alpha value is -2.02. The fourth-order valence-corrected chi connectivity index (χ4v) is 2.35. The molecule has 0 aliphatic rings. The second-order valence-corrected chi connectivity index (χ2v) is 5.36. The minimum Gasteiger partial charge on any atom is -0.492 e. The molecule has 23 heavy (non-hydrogen) atoms. The number of nitrogens with one attached hydrogen (secondary N) is 1. The Morgan fingerprint density at radius 3 is 2.70 bits per heavy atom. The van der Waals surface area contributed by atoms with Crippen molar-refractivity contribution < 1.29 is 23.8 Å². The molecule has 1 aromatic carbocycles. The Bertz CT molecular complexity index is 588. The number of carbonyl (C=O) groups is 2. The Morgan fingerprint density at radius 1 is 1.43 bits per heavy atom. The van der Waals surface area contributed by atoms with Crippen molar-refractivity contribution >= 4 is 27.8 Å². The molecule has 7 heteroatoms. The summed E-state index contributed by atoms with van der Waals surface area (Å²) in [5, 5.41) is 2.56. The second kappa shape index (κ2) is 9.19. The first-order chi connectivity index (χ1) is 10.9. The van der Waals surface area contributed by atoms with Crippen molar-refractivity contribution in [1.29, 1.82) is 0 Å². The number of carbonyl (C=O) groups excluding carboxylic acids is 2. The molecule has 0 saturated heterocycles. The molecular weight excluding hydrogens is 366 g/mol. The molecule has 1 rings (SSSR count). The number of ether oxygens (including phenoxy) is 3. The van der Waals surface area contributed by atoms with E-state index in [0.29, 0.717) is 29.1 Å². The monoisotopic (exact) mass is 385 g/mol. The zero-order chi connectivity index (χ0) is 17.4. The van der Waals surface area contributed by atoms with Crippen LogP contribution in [0.5, 0.6) is 11.5 Å². The van der Waals surface area contributed by atoms with Crippen molar-refractivity contribution in [2.24, 2.45) is 0 Å². The molecule has 1 atom stereocenters. The van der Waals surface area contributed by atoms with Gasteiger partial charge in [-0.15, -0.1) is 6.58 Å². The van der Waals surface area contributed by atoms with Gasteiger partial charge in [-0.05, 0) is 41.9 Å². The summed E-state index contributed by atoms with van der Waals surface area (Å²) in [7, 11) is 1.51. The summed E-state index contributed by atoms with van der Waals surface area (Å²) < 4.78 is 16.4. The van der Waals surface area contributed by atoms with Gasteiger partial charge in [0, 0.05) is 6.54 Å². The largest absolute Gasteiger partial charge is 0.492 e. The molecule has 0 unspecified atom stereocenters. The van der Waals surface area contributed by atoms with Crippen LogP contribution in [-0.2, 0) is 9.53 Å². The van der Waals surface area contributed by atoms with E-state index in [2.05, 4.69) is 27.8 Å². The predicted octanol–water partition coefficient (Wildman–Crippen LogP) is 2.70. The van der Waals surface area contributed by atoms with E-state index in [0.717, 1.165) is 0 Å². The van der Waals surface area contributed by atoms with Gasteiger partial charge in [-0.3, -0.25) is 4.79 Å². The van der Waals surface area contributed by atoms with E-state index in [4.69, 9.17) is 14.2 Å². The number of methoxy groups -OCH3 is 1. The van der Waals surface area contributed by atoms with Crippen LogP contribution in [0.4, 0.5) is 0 Å². The van der Waals surface area contributed by atoms with Crippen LogP contribution in [0.25, 0.3) is 0 Å². The van der Waals surface area contributed by atoms with Gasteiger partial charge in [0.2, 0.25) is 0 Å². The van der Waals surface area contributed by atoms with E-state index < -0.39 is 18.0 Å². The van der Waals surface area contributed by atoms with Gasteiger partial charge in [0.1, 0.15) is 0 Å². The summed E-state index contributed by atoms with van der Waals surface area (Å²) in [4.78, 5) is 23.9. The lowest BCUT2D eigenvalue weighted by molar-refractivity contribution is -0.128. The average molecular weight is 386 g/mol. The van der Waals surface area contributed by atoms with Crippen molar-refractivity contribution in [3.05, 3.63) is 34.8 Å². The molecule has 0 spiro atoms. The van der Waals surface area contributed by atoms with Crippen LogP contribution in [0.1, 0.15) is 24.2 Å². The molecule has 0 heterocycles. The van der Waals surface area contributed by atoms with Crippen LogP contribution in [0.3, 0.4) is 0 Å². The molecule has 1 aromatic rings. The highest BCUT2D eigenvalue weighted by molar-refractivity contribution is 9.10. The van der Waals surface area contributed by atoms with Gasteiger partial charge in [-0.2, -0.15) is 0 Å². The van der Waals surface area contributed by atoms with Gasteiger partial charge in [0.05, 0.1) is 23.8 Å². The van der Waals surface area contributed by atoms with E-state index in [-0.39, 0.29) is 5.56 Å². The Labute approximate surface area is 143 Å². The maximum Gasteiger partial charge on any atom is 0.339 e. The number of hydrogen-bond donors (Lipinski definition) is 1. The van der Waals surface area contributed by atoms with Gasteiger partial charge in [0.15, 0.2) is 17.6 Å². The predicted molar refractivity (Wildman–Crippen MR) is 89.9 cm³/mol. The van der Waals surface area contributed by atoms with Gasteiger partial charge in [-0.25, -0.2) is 4.79 Å². The fraction of sp³-hybridized carbons (Fsp3) is 0.375. The molecule has 0 aromatic heterocycles. The molecule has 0 fully saturated rings. The van der Waals surface area contributed by atoms with E-state index in [1.54, 1.807) is 12.1 Å². The molecule has 0 bridgehead atoms. The summed E-state index contributed by atoms with van der Waals surface area (Å²) in [5.41, 5.74) is 0.254. The first-order valence-electron chi connectivity index (χ1n) is 7.04. The normalized spacial score (nSPS) is 11.3. The van der Waals surface area contributed by atoms with Crippen LogP contribution in [0, 0.1) is 0 Å². The molecule has 6 nitrogen and oxygen atoms in total. The van der Waals surface area contributed by atoms with Crippen LogP contribution < -0.4 is 14.8 Å². The zero-order valence-corrected chi connectivity index (χ0v) is 14.9. The Balaban J connectivity index is 2.91. The standard InChI is InChI=1S/C16H20BrNO5/c1-5-7-18-15(19)10(3)23-16(20)11-8-12(17)14(21-4)13(9-11)22-6-2/h5,8-10H,1,6-7H2,2-4H3,(H,18,19)/t10-/m1/s1. The molecular formula is C16H20BrNO5. The first-order valence-corrected chi connectivity index (χ1v) is 7.83. The van der Waals surface area contributed by atoms with Gasteiger partial charge in [-0.1, -0.05) is 6.08 Å². The Kier molecular flexibility index (Phi) is 7.61. The minimum atomic E-state index is -0.918. The van der Waals surface area contributed by atoms with Crippen LogP contribution in [0.15, 0.2) is 29.3 Å². The highest BCUT2D eigenvalue weighted by atomic mass is 79.9. The molecule has 0 aliphatic heterocycles. The van der Waals surface area contributed by atoms with Gasteiger partial charge >= 0.3 is 5.97 Å². The van der Waals surface area contributed by atoms with Crippen LogP contribution in [-0.4, -0.2) is 38.2 Å². The van der Waals surface area contributed by atoms with Gasteiger partial charge < -0.3 is 19.5 Å². The number of esters is 1. The van der Waals surface area contributed by atoms with Gasteiger partial charge in [0.25, 0.3) is 5.91 Å². The second-order valence-electron chi connectivity index (χ2n) is 4.50. The smallest absolute Gasteiger partial charge is 0.339 e. The molecule has 1 amide bonds. The third-order valence-corrected chi connectivity index (χ3v) is 3.41. The lowest BCUT2D eigenvalue weighted by atomic mass is 10.2. The summed E-state index contributed by atoms with van der Waals surface area (Å²) in [5.74, 6) is -0.119. The SMILES string of the molecule is C=CCNC(=O)[C@@H](C)OC(=O)c1cc(Br)c(OC)c(OCC)c1. The Morgan fingerprint density at radius 2 is 2.13 bits per heavy atom. The number of hydrogen-bond acceptors (Lipinski definition) is 5. The van der Waals surface area contributed by atoms with Crippen molar-refractivity contribution in [1.82, 2.24) is 5.32 Å². The lowest BCUT2D eigenvalue weighted by Crippen LogP contribution is -2.35. The molecule has 0 radical (unpaired) electrons. The maximum absolute atomic E-state index is 12.2. The number of amides is 1. The summed E-state index contributed by atoms with van der Waals surface area (Å²) >= 11 is 3.32. The zero-order valence-electron chi connectivity index (χ0n) is 13.3. The van der Waals surface area contributed by atoms with Crippen molar-refractivity contribution in [2.75, 3.05) is 20.3 Å². The summed E-state index contributed by atoms with van der Waals surface area (Å²) in [6.07, 6.45) is 0.625. The number of rotatable bonds is 8. The molecule has 0 saturated carbocycles. The fourth-order valence-electron chi connectivity index (χ4n) is 1.75. The summed E-state index contributed by atoms with van der Waals surface area (Å²) in [6.45, 7) is 7.55. The highest BCUT2D eigenvalue weighted by Gasteiger charge is 2.21. The third-order valence-electron chi connectivity index (χ3n) is 2.82. The van der Waals surface area contributed by atoms with Crippen molar-refractivity contribution in [2.45, 2.75) is 20.0 Å². The average Bonchev–Trinajstić information content (AvgIpc) is 2.52.